The molecule has 0 aliphatic rings. The Labute approximate surface area is 117 Å². The van der Waals surface area contributed by atoms with Gasteiger partial charge in [-0.15, -0.1) is 0 Å². The second-order valence-electron chi connectivity index (χ2n) is 4.84. The zero-order chi connectivity index (χ0) is 14.7. The van der Waals surface area contributed by atoms with Crippen LogP contribution in [0.3, 0.4) is 0 Å². The van der Waals surface area contributed by atoms with E-state index >= 15 is 0 Å². The van der Waals surface area contributed by atoms with Crippen molar-refractivity contribution in [3.05, 3.63) is 36.4 Å². The van der Waals surface area contributed by atoms with Gasteiger partial charge in [-0.1, -0.05) is 26.0 Å². The maximum atomic E-state index is 11.5. The monoisotopic (exact) mass is 272 g/mol. The van der Waals surface area contributed by atoms with Crippen LogP contribution in [0.4, 0.5) is 0 Å². The number of carbonyl (C=O) groups is 2. The largest absolute Gasteiger partial charge is 0.427 e. The smallest absolute Gasteiger partial charge is 0.313 e. The van der Waals surface area contributed by atoms with E-state index in [1.807, 2.05) is 12.1 Å². The van der Waals surface area contributed by atoms with Crippen molar-refractivity contribution in [2.75, 3.05) is 0 Å². The van der Waals surface area contributed by atoms with E-state index in [0.717, 1.165) is 10.8 Å². The summed E-state index contributed by atoms with van der Waals surface area (Å²) in [7, 11) is 0. The molecule has 4 heteroatoms. The number of esters is 2. The van der Waals surface area contributed by atoms with Gasteiger partial charge in [-0.05, 0) is 35.0 Å². The van der Waals surface area contributed by atoms with E-state index in [1.165, 1.54) is 6.92 Å². The normalized spacial score (nSPS) is 10.6. The van der Waals surface area contributed by atoms with Crippen LogP contribution in [-0.2, 0) is 9.59 Å². The van der Waals surface area contributed by atoms with Gasteiger partial charge in [-0.3, -0.25) is 9.59 Å². The molecule has 2 rings (SSSR count). The van der Waals surface area contributed by atoms with E-state index in [1.54, 1.807) is 38.1 Å². The molecule has 0 aliphatic carbocycles. The lowest BCUT2D eigenvalue weighted by atomic mass is 10.1. The Kier molecular flexibility index (Phi) is 4.03. The molecular formula is C16H16O4. The highest BCUT2D eigenvalue weighted by atomic mass is 16.5. The van der Waals surface area contributed by atoms with Gasteiger partial charge < -0.3 is 9.47 Å². The Balaban J connectivity index is 2.27. The van der Waals surface area contributed by atoms with Crippen molar-refractivity contribution in [1.29, 1.82) is 0 Å². The number of benzene rings is 2. The summed E-state index contributed by atoms with van der Waals surface area (Å²) < 4.78 is 10.3. The molecule has 0 heterocycles. The first kappa shape index (κ1) is 14.1. The summed E-state index contributed by atoms with van der Waals surface area (Å²) in [6.07, 6.45) is 0. The third-order valence-corrected chi connectivity index (χ3v) is 2.73. The number of hydrogen-bond donors (Lipinski definition) is 0. The van der Waals surface area contributed by atoms with Crippen LogP contribution in [0.2, 0.25) is 0 Å². The molecule has 2 aromatic carbocycles. The fourth-order valence-electron chi connectivity index (χ4n) is 1.73. The summed E-state index contributed by atoms with van der Waals surface area (Å²) in [5, 5.41) is 1.82. The molecule has 0 saturated carbocycles. The topological polar surface area (TPSA) is 52.6 Å². The zero-order valence-corrected chi connectivity index (χ0v) is 11.7. The number of hydrogen-bond acceptors (Lipinski definition) is 4. The van der Waals surface area contributed by atoms with Gasteiger partial charge in [0.05, 0.1) is 5.92 Å². The summed E-state index contributed by atoms with van der Waals surface area (Å²) in [6, 6.07) is 10.6. The van der Waals surface area contributed by atoms with Crippen LogP contribution in [0.15, 0.2) is 36.4 Å². The molecule has 4 nitrogen and oxygen atoms in total. The van der Waals surface area contributed by atoms with E-state index < -0.39 is 0 Å². The van der Waals surface area contributed by atoms with Crippen molar-refractivity contribution in [3.8, 4) is 11.5 Å². The highest BCUT2D eigenvalue weighted by Gasteiger charge is 2.10. The average Bonchev–Trinajstić information content (AvgIpc) is 2.38. The average molecular weight is 272 g/mol. The first-order chi connectivity index (χ1) is 9.45. The van der Waals surface area contributed by atoms with E-state index in [4.69, 9.17) is 9.47 Å². The van der Waals surface area contributed by atoms with Crippen LogP contribution < -0.4 is 9.47 Å². The Morgan fingerprint density at radius 3 is 1.85 bits per heavy atom. The third kappa shape index (κ3) is 3.35. The van der Waals surface area contributed by atoms with Gasteiger partial charge >= 0.3 is 11.9 Å². The Bertz CT molecular complexity index is 659. The van der Waals surface area contributed by atoms with Gasteiger partial charge in [-0.25, -0.2) is 0 Å². The molecule has 0 N–H and O–H groups in total. The molecule has 0 unspecified atom stereocenters. The maximum absolute atomic E-state index is 11.5. The molecule has 0 amide bonds. The second-order valence-corrected chi connectivity index (χ2v) is 4.84. The van der Waals surface area contributed by atoms with Gasteiger partial charge in [0.15, 0.2) is 0 Å². The summed E-state index contributed by atoms with van der Waals surface area (Å²) in [4.78, 5) is 22.5. The van der Waals surface area contributed by atoms with E-state index in [0.29, 0.717) is 11.5 Å². The number of carbonyl (C=O) groups excluding carboxylic acids is 2. The fraction of sp³-hybridized carbons (Fsp3) is 0.250. The minimum Gasteiger partial charge on any atom is -0.427 e. The van der Waals surface area contributed by atoms with Crippen LogP contribution in [0, 0.1) is 5.92 Å². The predicted octanol–water partition coefficient (Wildman–Crippen LogP) is 3.33. The second kappa shape index (κ2) is 5.74. The lowest BCUT2D eigenvalue weighted by Gasteiger charge is -2.08. The van der Waals surface area contributed by atoms with E-state index in [9.17, 15) is 9.59 Å². The predicted molar refractivity (Wildman–Crippen MR) is 75.7 cm³/mol. The molecule has 0 saturated heterocycles. The van der Waals surface area contributed by atoms with Crippen LogP contribution in [0.1, 0.15) is 20.8 Å². The SMILES string of the molecule is CC(=O)Oc1ccc2cc(OC(=O)C(C)C)ccc2c1. The summed E-state index contributed by atoms with van der Waals surface area (Å²) in [5.74, 6) is 0.220. The van der Waals surface area contributed by atoms with Gasteiger partial charge in [-0.2, -0.15) is 0 Å². The Morgan fingerprint density at radius 1 is 0.900 bits per heavy atom. The van der Waals surface area contributed by atoms with Crippen molar-refractivity contribution >= 4 is 22.7 Å². The van der Waals surface area contributed by atoms with Crippen molar-refractivity contribution in [1.82, 2.24) is 0 Å². The van der Waals surface area contributed by atoms with Gasteiger partial charge in [0.25, 0.3) is 0 Å². The highest BCUT2D eigenvalue weighted by Crippen LogP contribution is 2.25. The molecule has 0 radical (unpaired) electrons. The highest BCUT2D eigenvalue weighted by molar-refractivity contribution is 5.86. The molecule has 0 bridgehead atoms. The lowest BCUT2D eigenvalue weighted by molar-refractivity contribution is -0.137. The van der Waals surface area contributed by atoms with Gasteiger partial charge in [0, 0.05) is 6.92 Å². The molecule has 0 spiro atoms. The first-order valence-corrected chi connectivity index (χ1v) is 6.39. The fourth-order valence-corrected chi connectivity index (χ4v) is 1.73. The molecule has 0 atom stereocenters. The molecule has 0 aromatic heterocycles. The van der Waals surface area contributed by atoms with Crippen LogP contribution in [0.25, 0.3) is 10.8 Å². The van der Waals surface area contributed by atoms with Crippen molar-refractivity contribution in [2.45, 2.75) is 20.8 Å². The van der Waals surface area contributed by atoms with E-state index in [-0.39, 0.29) is 17.9 Å². The Hall–Kier alpha value is -2.36. The number of fused-ring (bicyclic) bond motifs is 1. The summed E-state index contributed by atoms with van der Waals surface area (Å²) >= 11 is 0. The molecule has 0 fully saturated rings. The first-order valence-electron chi connectivity index (χ1n) is 6.39. The number of ether oxygens (including phenoxy) is 2. The Morgan fingerprint density at radius 2 is 1.40 bits per heavy atom. The number of rotatable bonds is 3. The van der Waals surface area contributed by atoms with Gasteiger partial charge in [0.2, 0.25) is 0 Å². The lowest BCUT2D eigenvalue weighted by Crippen LogP contribution is -2.14. The molecule has 0 aliphatic heterocycles. The summed E-state index contributed by atoms with van der Waals surface area (Å²) in [6.45, 7) is 4.93. The van der Waals surface area contributed by atoms with Crippen LogP contribution in [-0.4, -0.2) is 11.9 Å². The zero-order valence-electron chi connectivity index (χ0n) is 11.7. The van der Waals surface area contributed by atoms with Crippen molar-refractivity contribution in [2.24, 2.45) is 5.92 Å². The van der Waals surface area contributed by atoms with Crippen molar-refractivity contribution < 1.29 is 19.1 Å². The molecule has 104 valence electrons. The van der Waals surface area contributed by atoms with Crippen LogP contribution >= 0.6 is 0 Å². The minimum absolute atomic E-state index is 0.169. The molecular weight excluding hydrogens is 256 g/mol. The summed E-state index contributed by atoms with van der Waals surface area (Å²) in [5.41, 5.74) is 0. The maximum Gasteiger partial charge on any atom is 0.313 e. The minimum atomic E-state index is -0.355. The van der Waals surface area contributed by atoms with Crippen LogP contribution in [0.5, 0.6) is 11.5 Å². The standard InChI is InChI=1S/C16H16O4/c1-10(2)16(18)20-15-7-5-12-8-14(19-11(3)17)6-4-13(12)9-15/h4-10H,1-3H3. The van der Waals surface area contributed by atoms with Crippen molar-refractivity contribution in [3.63, 3.8) is 0 Å². The quantitative estimate of drug-likeness (QED) is 0.635. The molecule has 20 heavy (non-hydrogen) atoms. The molecule has 2 aromatic rings. The van der Waals surface area contributed by atoms with E-state index in [2.05, 4.69) is 0 Å². The third-order valence-electron chi connectivity index (χ3n) is 2.73. The van der Waals surface area contributed by atoms with Gasteiger partial charge in [0.1, 0.15) is 11.5 Å².